The molecule has 0 aromatic heterocycles. The van der Waals surface area contributed by atoms with Crippen molar-refractivity contribution in [2.24, 2.45) is 0 Å². The van der Waals surface area contributed by atoms with Crippen molar-refractivity contribution in [3.05, 3.63) is 35.4 Å². The predicted octanol–water partition coefficient (Wildman–Crippen LogP) is 2.54. The van der Waals surface area contributed by atoms with Crippen LogP contribution in [0, 0.1) is 18.3 Å². The fourth-order valence-corrected chi connectivity index (χ4v) is 1.07. The third kappa shape index (κ3) is 2.34. The highest BCUT2D eigenvalue weighted by Crippen LogP contribution is 2.19. The average Bonchev–Trinajstić information content (AvgIpc) is 2.16. The lowest BCUT2D eigenvalue weighted by Crippen LogP contribution is -1.86. The van der Waals surface area contributed by atoms with E-state index < -0.39 is 0 Å². The van der Waals surface area contributed by atoms with Crippen LogP contribution in [0.3, 0.4) is 0 Å². The maximum atomic E-state index is 8.34. The molecule has 2 heteroatoms. The summed E-state index contributed by atoms with van der Waals surface area (Å²) in [6.07, 6.45) is 3.20. The van der Waals surface area contributed by atoms with Gasteiger partial charge in [0.1, 0.15) is 5.75 Å². The molecular weight excluding hydrogens is 162 g/mol. The van der Waals surface area contributed by atoms with E-state index in [0.29, 0.717) is 0 Å². The van der Waals surface area contributed by atoms with Gasteiger partial charge in [0.05, 0.1) is 13.2 Å². The summed E-state index contributed by atoms with van der Waals surface area (Å²) in [7, 11) is 1.64. The van der Waals surface area contributed by atoms with Gasteiger partial charge in [-0.3, -0.25) is 0 Å². The van der Waals surface area contributed by atoms with Crippen molar-refractivity contribution < 1.29 is 4.74 Å². The lowest BCUT2D eigenvalue weighted by atomic mass is 10.1. The summed E-state index contributed by atoms with van der Waals surface area (Å²) in [6.45, 7) is 1.98. The molecule has 1 rings (SSSR count). The normalized spacial score (nSPS) is 9.92. The summed E-state index contributed by atoms with van der Waals surface area (Å²) in [5.74, 6) is 0.847. The summed E-state index contributed by atoms with van der Waals surface area (Å²) in [4.78, 5) is 0. The first-order valence-corrected chi connectivity index (χ1v) is 3.98. The summed E-state index contributed by atoms with van der Waals surface area (Å²) >= 11 is 0. The molecule has 0 aliphatic rings. The first kappa shape index (κ1) is 9.34. The molecule has 0 aliphatic heterocycles. The van der Waals surface area contributed by atoms with Gasteiger partial charge < -0.3 is 4.74 Å². The number of nitriles is 1. The Morgan fingerprint density at radius 3 is 2.85 bits per heavy atom. The number of rotatable bonds is 2. The van der Waals surface area contributed by atoms with E-state index in [0.717, 1.165) is 16.9 Å². The highest BCUT2D eigenvalue weighted by atomic mass is 16.5. The predicted molar refractivity (Wildman–Crippen MR) is 52.4 cm³/mol. The SMILES string of the molecule is COc1cc(C=CC#N)ccc1C. The molecule has 0 heterocycles. The van der Waals surface area contributed by atoms with Gasteiger partial charge in [-0.15, -0.1) is 0 Å². The zero-order valence-electron chi connectivity index (χ0n) is 7.74. The molecule has 0 atom stereocenters. The van der Waals surface area contributed by atoms with Crippen LogP contribution in [0.1, 0.15) is 11.1 Å². The smallest absolute Gasteiger partial charge is 0.122 e. The lowest BCUT2D eigenvalue weighted by Gasteiger charge is -2.04. The van der Waals surface area contributed by atoms with Crippen LogP contribution in [-0.2, 0) is 0 Å². The van der Waals surface area contributed by atoms with Gasteiger partial charge in [0.2, 0.25) is 0 Å². The molecule has 0 aliphatic carbocycles. The molecular formula is C11H11NO. The molecule has 0 N–H and O–H groups in total. The molecule has 0 fully saturated rings. The second-order valence-electron chi connectivity index (χ2n) is 2.69. The van der Waals surface area contributed by atoms with E-state index in [4.69, 9.17) is 10.00 Å². The summed E-state index contributed by atoms with van der Waals surface area (Å²) in [6, 6.07) is 7.77. The van der Waals surface area contributed by atoms with Gasteiger partial charge in [-0.25, -0.2) is 0 Å². The number of nitrogens with zero attached hydrogens (tertiary/aromatic N) is 1. The largest absolute Gasteiger partial charge is 0.496 e. The minimum atomic E-state index is 0.847. The summed E-state index contributed by atoms with van der Waals surface area (Å²) in [5.41, 5.74) is 2.07. The van der Waals surface area contributed by atoms with Gasteiger partial charge in [0.15, 0.2) is 0 Å². The second-order valence-corrected chi connectivity index (χ2v) is 2.69. The molecule has 13 heavy (non-hydrogen) atoms. The Balaban J connectivity index is 3.01. The van der Waals surface area contributed by atoms with Gasteiger partial charge >= 0.3 is 0 Å². The molecule has 1 aromatic rings. The number of hydrogen-bond donors (Lipinski definition) is 0. The van der Waals surface area contributed by atoms with Crippen LogP contribution in [0.5, 0.6) is 5.75 Å². The fraction of sp³-hybridized carbons (Fsp3) is 0.182. The van der Waals surface area contributed by atoms with Crippen LogP contribution in [-0.4, -0.2) is 7.11 Å². The molecule has 1 aromatic carbocycles. The zero-order valence-corrected chi connectivity index (χ0v) is 7.74. The lowest BCUT2D eigenvalue weighted by molar-refractivity contribution is 0.411. The summed E-state index contributed by atoms with van der Waals surface area (Å²) < 4.78 is 5.15. The standard InChI is InChI=1S/C11H11NO/c1-9-5-6-10(4-3-7-12)8-11(9)13-2/h3-6,8H,1-2H3. The van der Waals surface area contributed by atoms with Crippen molar-refractivity contribution in [2.75, 3.05) is 7.11 Å². The highest BCUT2D eigenvalue weighted by Gasteiger charge is 1.96. The Bertz CT molecular complexity index is 361. The molecule has 0 unspecified atom stereocenters. The van der Waals surface area contributed by atoms with Crippen LogP contribution < -0.4 is 4.74 Å². The summed E-state index contributed by atoms with van der Waals surface area (Å²) in [5, 5.41) is 8.34. The van der Waals surface area contributed by atoms with Crippen molar-refractivity contribution in [1.82, 2.24) is 0 Å². The van der Waals surface area contributed by atoms with Gasteiger partial charge in [-0.2, -0.15) is 5.26 Å². The maximum absolute atomic E-state index is 8.34. The molecule has 0 spiro atoms. The van der Waals surface area contributed by atoms with Crippen LogP contribution in [0.25, 0.3) is 6.08 Å². The van der Waals surface area contributed by atoms with Crippen molar-refractivity contribution >= 4 is 6.08 Å². The second kappa shape index (κ2) is 4.32. The number of methoxy groups -OCH3 is 1. The van der Waals surface area contributed by atoms with Gasteiger partial charge in [-0.05, 0) is 30.2 Å². The molecule has 0 radical (unpaired) electrons. The highest BCUT2D eigenvalue weighted by molar-refractivity contribution is 5.55. The molecule has 0 saturated carbocycles. The van der Waals surface area contributed by atoms with Crippen LogP contribution in [0.2, 0.25) is 0 Å². The molecule has 66 valence electrons. The fourth-order valence-electron chi connectivity index (χ4n) is 1.07. The first-order valence-electron chi connectivity index (χ1n) is 3.98. The molecule has 0 saturated heterocycles. The first-order chi connectivity index (χ1) is 6.27. The average molecular weight is 173 g/mol. The van der Waals surface area contributed by atoms with E-state index in [-0.39, 0.29) is 0 Å². The van der Waals surface area contributed by atoms with E-state index in [1.54, 1.807) is 13.2 Å². The van der Waals surface area contributed by atoms with Gasteiger partial charge in [0, 0.05) is 6.08 Å². The van der Waals surface area contributed by atoms with Crippen molar-refractivity contribution in [2.45, 2.75) is 6.92 Å². The number of benzene rings is 1. The van der Waals surface area contributed by atoms with E-state index in [9.17, 15) is 0 Å². The van der Waals surface area contributed by atoms with Crippen molar-refractivity contribution in [3.63, 3.8) is 0 Å². The van der Waals surface area contributed by atoms with Crippen molar-refractivity contribution in [3.8, 4) is 11.8 Å². The van der Waals surface area contributed by atoms with Crippen LogP contribution in [0.4, 0.5) is 0 Å². The van der Waals surface area contributed by atoms with E-state index in [1.807, 2.05) is 31.2 Å². The van der Waals surface area contributed by atoms with Crippen LogP contribution >= 0.6 is 0 Å². The zero-order chi connectivity index (χ0) is 9.68. The van der Waals surface area contributed by atoms with E-state index in [2.05, 4.69) is 0 Å². The van der Waals surface area contributed by atoms with Crippen LogP contribution in [0.15, 0.2) is 24.3 Å². The monoisotopic (exact) mass is 173 g/mol. The third-order valence-electron chi connectivity index (χ3n) is 1.78. The Kier molecular flexibility index (Phi) is 3.10. The van der Waals surface area contributed by atoms with E-state index >= 15 is 0 Å². The molecule has 0 bridgehead atoms. The van der Waals surface area contributed by atoms with E-state index in [1.165, 1.54) is 6.08 Å². The quantitative estimate of drug-likeness (QED) is 0.644. The minimum Gasteiger partial charge on any atom is -0.496 e. The van der Waals surface area contributed by atoms with Gasteiger partial charge in [-0.1, -0.05) is 12.1 Å². The Morgan fingerprint density at radius 1 is 1.46 bits per heavy atom. The Labute approximate surface area is 78.1 Å². The number of allylic oxidation sites excluding steroid dienone is 1. The maximum Gasteiger partial charge on any atom is 0.122 e. The molecule has 0 amide bonds. The number of ether oxygens (including phenoxy) is 1. The number of aryl methyl sites for hydroxylation is 1. The van der Waals surface area contributed by atoms with Gasteiger partial charge in [0.25, 0.3) is 0 Å². The third-order valence-corrected chi connectivity index (χ3v) is 1.78. The topological polar surface area (TPSA) is 33.0 Å². The van der Waals surface area contributed by atoms with Crippen molar-refractivity contribution in [1.29, 1.82) is 5.26 Å². The minimum absolute atomic E-state index is 0.847. The number of hydrogen-bond acceptors (Lipinski definition) is 2. The molecule has 2 nitrogen and oxygen atoms in total. The Morgan fingerprint density at radius 2 is 2.23 bits per heavy atom. The Hall–Kier alpha value is -1.75.